The number of benzene rings is 1. The van der Waals surface area contributed by atoms with Crippen LogP contribution < -0.4 is 0 Å². The number of H-pyrrole nitrogens is 1. The highest BCUT2D eigenvalue weighted by atomic mass is 16.4. The van der Waals surface area contributed by atoms with Crippen molar-refractivity contribution >= 4 is 22.9 Å². The third kappa shape index (κ3) is 2.94. The van der Waals surface area contributed by atoms with Crippen molar-refractivity contribution in [2.45, 2.75) is 12.3 Å². The Morgan fingerprint density at radius 2 is 1.96 bits per heavy atom. The maximum absolute atomic E-state index is 12.8. The molecule has 0 unspecified atom stereocenters. The first-order chi connectivity index (χ1) is 12.6. The molecule has 0 bridgehead atoms. The summed E-state index contributed by atoms with van der Waals surface area (Å²) < 4.78 is 0. The molecule has 3 heterocycles. The monoisotopic (exact) mass is 349 g/mol. The van der Waals surface area contributed by atoms with Gasteiger partial charge in [0, 0.05) is 36.8 Å². The van der Waals surface area contributed by atoms with E-state index >= 15 is 0 Å². The number of aromatic amines is 1. The van der Waals surface area contributed by atoms with E-state index in [2.05, 4.69) is 9.97 Å². The Morgan fingerprint density at radius 1 is 1.15 bits per heavy atom. The van der Waals surface area contributed by atoms with E-state index in [-0.39, 0.29) is 24.8 Å². The largest absolute Gasteiger partial charge is 0.481 e. The minimum absolute atomic E-state index is 0.0561. The van der Waals surface area contributed by atoms with Crippen LogP contribution in [0.2, 0.25) is 0 Å². The molecule has 26 heavy (non-hydrogen) atoms. The first-order valence-electron chi connectivity index (χ1n) is 8.60. The number of aromatic nitrogens is 2. The van der Waals surface area contributed by atoms with E-state index in [0.717, 1.165) is 22.2 Å². The molecule has 6 heteroatoms. The smallest absolute Gasteiger partial charge is 0.308 e. The molecule has 1 aliphatic rings. The molecule has 0 radical (unpaired) electrons. The van der Waals surface area contributed by atoms with Crippen LogP contribution in [0.1, 0.15) is 17.0 Å². The third-order valence-corrected chi connectivity index (χ3v) is 5.10. The molecule has 3 aromatic rings. The Kier molecular flexibility index (Phi) is 4.16. The molecule has 2 aromatic heterocycles. The van der Waals surface area contributed by atoms with Crippen LogP contribution in [-0.2, 0) is 16.0 Å². The van der Waals surface area contributed by atoms with Crippen LogP contribution in [0.25, 0.3) is 11.0 Å². The molecular formula is C20H19N3O3. The fourth-order valence-corrected chi connectivity index (χ4v) is 3.73. The molecule has 4 rings (SSSR count). The van der Waals surface area contributed by atoms with Crippen molar-refractivity contribution in [1.82, 2.24) is 14.9 Å². The van der Waals surface area contributed by atoms with Crippen molar-refractivity contribution in [3.63, 3.8) is 0 Å². The van der Waals surface area contributed by atoms with Gasteiger partial charge in [0.25, 0.3) is 0 Å². The number of pyridine rings is 1. The van der Waals surface area contributed by atoms with Crippen molar-refractivity contribution < 1.29 is 14.7 Å². The number of hydrogen-bond donors (Lipinski definition) is 2. The molecule has 1 fully saturated rings. The Balaban J connectivity index is 1.54. The maximum Gasteiger partial charge on any atom is 0.308 e. The van der Waals surface area contributed by atoms with Gasteiger partial charge in [0.1, 0.15) is 5.65 Å². The van der Waals surface area contributed by atoms with Gasteiger partial charge in [-0.1, -0.05) is 30.3 Å². The first kappa shape index (κ1) is 16.3. The Bertz CT molecular complexity index is 951. The van der Waals surface area contributed by atoms with Gasteiger partial charge in [-0.3, -0.25) is 9.59 Å². The van der Waals surface area contributed by atoms with Gasteiger partial charge in [-0.05, 0) is 23.3 Å². The molecule has 132 valence electrons. The van der Waals surface area contributed by atoms with Gasteiger partial charge in [-0.2, -0.15) is 0 Å². The molecule has 2 N–H and O–H groups in total. The molecule has 1 saturated heterocycles. The fourth-order valence-electron chi connectivity index (χ4n) is 3.73. The summed E-state index contributed by atoms with van der Waals surface area (Å²) in [5.74, 6) is -1.67. The summed E-state index contributed by atoms with van der Waals surface area (Å²) in [6.07, 6.45) is 3.74. The van der Waals surface area contributed by atoms with Gasteiger partial charge < -0.3 is 15.0 Å². The number of carboxylic acid groups (broad SMARTS) is 1. The van der Waals surface area contributed by atoms with Crippen molar-refractivity contribution in [3.05, 3.63) is 66.0 Å². The number of nitrogens with zero attached hydrogens (tertiary/aromatic N) is 2. The zero-order valence-electron chi connectivity index (χ0n) is 14.1. The predicted octanol–water partition coefficient (Wildman–Crippen LogP) is 2.43. The Hall–Kier alpha value is -3.15. The second-order valence-electron chi connectivity index (χ2n) is 6.65. The van der Waals surface area contributed by atoms with Crippen molar-refractivity contribution in [2.75, 3.05) is 13.1 Å². The SMILES string of the molecule is O=C(O)[C@@H]1CN(C(=O)Cc2c[nH]c3ncccc23)C[C@@H]1c1ccccc1. The van der Waals surface area contributed by atoms with Crippen LogP contribution in [0.5, 0.6) is 0 Å². The fraction of sp³-hybridized carbons (Fsp3) is 0.250. The predicted molar refractivity (Wildman–Crippen MR) is 96.7 cm³/mol. The summed E-state index contributed by atoms with van der Waals surface area (Å²) in [4.78, 5) is 33.5. The van der Waals surface area contributed by atoms with Gasteiger partial charge in [-0.25, -0.2) is 4.98 Å². The average molecular weight is 349 g/mol. The number of carbonyl (C=O) groups is 2. The first-order valence-corrected chi connectivity index (χ1v) is 8.60. The summed E-state index contributed by atoms with van der Waals surface area (Å²) in [7, 11) is 0. The van der Waals surface area contributed by atoms with Gasteiger partial charge in [0.15, 0.2) is 0 Å². The number of aliphatic carboxylic acids is 1. The minimum Gasteiger partial charge on any atom is -0.481 e. The lowest BCUT2D eigenvalue weighted by atomic mass is 9.89. The molecule has 2 atom stereocenters. The third-order valence-electron chi connectivity index (χ3n) is 5.10. The van der Waals surface area contributed by atoms with Crippen LogP contribution in [0.3, 0.4) is 0 Å². The highest BCUT2D eigenvalue weighted by Crippen LogP contribution is 2.33. The van der Waals surface area contributed by atoms with Gasteiger partial charge in [0.2, 0.25) is 5.91 Å². The van der Waals surface area contributed by atoms with Crippen LogP contribution in [0.4, 0.5) is 0 Å². The van der Waals surface area contributed by atoms with Gasteiger partial charge in [-0.15, -0.1) is 0 Å². The van der Waals surface area contributed by atoms with Crippen molar-refractivity contribution in [1.29, 1.82) is 0 Å². The van der Waals surface area contributed by atoms with E-state index in [1.165, 1.54) is 0 Å². The molecule has 1 amide bonds. The molecular weight excluding hydrogens is 330 g/mol. The lowest BCUT2D eigenvalue weighted by molar-refractivity contribution is -0.141. The van der Waals surface area contributed by atoms with Crippen molar-refractivity contribution in [3.8, 4) is 0 Å². The van der Waals surface area contributed by atoms with E-state index in [0.29, 0.717) is 6.54 Å². The summed E-state index contributed by atoms with van der Waals surface area (Å²) in [6, 6.07) is 13.3. The number of carboxylic acids is 1. The molecule has 0 spiro atoms. The van der Waals surface area contributed by atoms with E-state index in [9.17, 15) is 14.7 Å². The summed E-state index contributed by atoms with van der Waals surface area (Å²) >= 11 is 0. The average Bonchev–Trinajstić information content (AvgIpc) is 3.28. The van der Waals surface area contributed by atoms with Crippen LogP contribution >= 0.6 is 0 Å². The summed E-state index contributed by atoms with van der Waals surface area (Å²) in [5, 5.41) is 10.5. The summed E-state index contributed by atoms with van der Waals surface area (Å²) in [5.41, 5.74) is 2.60. The number of carbonyl (C=O) groups excluding carboxylic acids is 1. The van der Waals surface area contributed by atoms with E-state index in [1.54, 1.807) is 17.3 Å². The van der Waals surface area contributed by atoms with Gasteiger partial charge >= 0.3 is 5.97 Å². The highest BCUT2D eigenvalue weighted by Gasteiger charge is 2.40. The minimum atomic E-state index is -0.856. The van der Waals surface area contributed by atoms with E-state index in [1.807, 2.05) is 42.5 Å². The summed E-state index contributed by atoms with van der Waals surface area (Å²) in [6.45, 7) is 0.675. The lowest BCUT2D eigenvalue weighted by Gasteiger charge is -2.16. The number of likely N-dealkylation sites (tertiary alicyclic amines) is 1. The second-order valence-corrected chi connectivity index (χ2v) is 6.65. The topological polar surface area (TPSA) is 86.3 Å². The number of nitrogens with one attached hydrogen (secondary N) is 1. The molecule has 0 saturated carbocycles. The second kappa shape index (κ2) is 6.63. The quantitative estimate of drug-likeness (QED) is 0.757. The van der Waals surface area contributed by atoms with E-state index < -0.39 is 11.9 Å². The number of amides is 1. The zero-order valence-corrected chi connectivity index (χ0v) is 14.1. The Labute approximate surface area is 150 Å². The molecule has 1 aromatic carbocycles. The molecule has 0 aliphatic carbocycles. The maximum atomic E-state index is 12.8. The van der Waals surface area contributed by atoms with E-state index in [4.69, 9.17) is 0 Å². The highest BCUT2D eigenvalue weighted by molar-refractivity contribution is 5.87. The lowest BCUT2D eigenvalue weighted by Crippen LogP contribution is -2.31. The molecule has 1 aliphatic heterocycles. The van der Waals surface area contributed by atoms with Gasteiger partial charge in [0.05, 0.1) is 12.3 Å². The zero-order chi connectivity index (χ0) is 18.1. The standard InChI is InChI=1S/C20H19N3O3/c24-18(9-14-10-22-19-15(14)7-4-8-21-19)23-11-16(17(12-23)20(25)26)13-5-2-1-3-6-13/h1-8,10,16-17H,9,11-12H2,(H,21,22)(H,25,26)/t16-,17-/m1/s1. The van der Waals surface area contributed by atoms with Crippen LogP contribution in [0.15, 0.2) is 54.9 Å². The number of hydrogen-bond acceptors (Lipinski definition) is 3. The Morgan fingerprint density at radius 3 is 2.73 bits per heavy atom. The molecule has 6 nitrogen and oxygen atoms in total. The number of rotatable bonds is 4. The number of fused-ring (bicyclic) bond motifs is 1. The van der Waals surface area contributed by atoms with Crippen molar-refractivity contribution in [2.24, 2.45) is 5.92 Å². The normalized spacial score (nSPS) is 19.8. The van der Waals surface area contributed by atoms with Crippen LogP contribution in [0, 0.1) is 5.92 Å². The van der Waals surface area contributed by atoms with Crippen LogP contribution in [-0.4, -0.2) is 44.9 Å².